The Kier molecular flexibility index (Phi) is 2.94. The molecule has 0 saturated heterocycles. The number of pyridine rings is 2. The molecule has 0 unspecified atom stereocenters. The first-order valence-corrected chi connectivity index (χ1v) is 6.34. The fourth-order valence-electron chi connectivity index (χ4n) is 1.81. The predicted molar refractivity (Wildman–Crippen MR) is 77.0 cm³/mol. The molecule has 3 rings (SSSR count). The third-order valence-electron chi connectivity index (χ3n) is 2.64. The lowest BCUT2D eigenvalue weighted by Gasteiger charge is -2.07. The van der Waals surface area contributed by atoms with E-state index in [0.29, 0.717) is 0 Å². The molecule has 3 aromatic rings. The summed E-state index contributed by atoms with van der Waals surface area (Å²) in [6.45, 7) is 0. The first-order valence-electron chi connectivity index (χ1n) is 5.55. The lowest BCUT2D eigenvalue weighted by molar-refractivity contribution is 1.27. The normalized spacial score (nSPS) is 10.5. The van der Waals surface area contributed by atoms with Crippen molar-refractivity contribution in [3.8, 4) is 0 Å². The lowest BCUT2D eigenvalue weighted by atomic mass is 10.1. The lowest BCUT2D eigenvalue weighted by Crippen LogP contribution is -1.96. The second kappa shape index (κ2) is 4.74. The van der Waals surface area contributed by atoms with Gasteiger partial charge in [0.1, 0.15) is 11.6 Å². The third kappa shape index (κ3) is 2.19. The summed E-state index contributed by atoms with van der Waals surface area (Å²) in [5.74, 6) is 1.61. The summed E-state index contributed by atoms with van der Waals surface area (Å²) in [6.07, 6.45) is 3.55. The zero-order chi connectivity index (χ0) is 12.4. The molecule has 1 aromatic carbocycles. The van der Waals surface area contributed by atoms with Gasteiger partial charge in [-0.3, -0.25) is 0 Å². The van der Waals surface area contributed by atoms with E-state index in [1.54, 1.807) is 12.4 Å². The number of hydrogen-bond acceptors (Lipinski definition) is 3. The van der Waals surface area contributed by atoms with Gasteiger partial charge in [0.05, 0.1) is 0 Å². The van der Waals surface area contributed by atoms with E-state index in [2.05, 4.69) is 37.3 Å². The van der Waals surface area contributed by atoms with E-state index < -0.39 is 0 Å². The predicted octanol–water partition coefficient (Wildman–Crippen LogP) is 4.14. The molecule has 2 heterocycles. The van der Waals surface area contributed by atoms with Crippen LogP contribution in [0.3, 0.4) is 0 Å². The average molecular weight is 300 g/mol. The topological polar surface area (TPSA) is 37.8 Å². The first-order chi connectivity index (χ1) is 8.83. The quantitative estimate of drug-likeness (QED) is 0.773. The van der Waals surface area contributed by atoms with Crippen molar-refractivity contribution >= 4 is 38.3 Å². The highest BCUT2D eigenvalue weighted by Crippen LogP contribution is 2.25. The number of hydrogen-bond donors (Lipinski definition) is 1. The van der Waals surface area contributed by atoms with Gasteiger partial charge in [0.15, 0.2) is 0 Å². The zero-order valence-corrected chi connectivity index (χ0v) is 11.1. The van der Waals surface area contributed by atoms with Crippen LogP contribution in [0.4, 0.5) is 11.6 Å². The van der Waals surface area contributed by atoms with E-state index >= 15 is 0 Å². The molecule has 0 aliphatic rings. The van der Waals surface area contributed by atoms with Crippen molar-refractivity contribution in [1.82, 2.24) is 9.97 Å². The molecule has 0 saturated carbocycles. The maximum absolute atomic E-state index is 4.37. The summed E-state index contributed by atoms with van der Waals surface area (Å²) >= 11 is 3.47. The Morgan fingerprint density at radius 2 is 1.89 bits per heavy atom. The summed E-state index contributed by atoms with van der Waals surface area (Å²) in [6, 6.07) is 13.9. The number of nitrogens with zero attached hydrogens (tertiary/aromatic N) is 2. The van der Waals surface area contributed by atoms with Gasteiger partial charge in [0, 0.05) is 22.3 Å². The van der Waals surface area contributed by atoms with Crippen LogP contribution < -0.4 is 5.32 Å². The van der Waals surface area contributed by atoms with Crippen LogP contribution in [0.5, 0.6) is 0 Å². The van der Waals surface area contributed by atoms with Gasteiger partial charge in [-0.2, -0.15) is 0 Å². The molecule has 3 nitrogen and oxygen atoms in total. The molecule has 2 aromatic heterocycles. The molecular weight excluding hydrogens is 290 g/mol. The first kappa shape index (κ1) is 11.2. The zero-order valence-electron chi connectivity index (χ0n) is 9.47. The number of aromatic nitrogens is 2. The fraction of sp³-hybridized carbons (Fsp3) is 0. The van der Waals surface area contributed by atoms with Gasteiger partial charge in [0.2, 0.25) is 0 Å². The second-order valence-corrected chi connectivity index (χ2v) is 4.78. The van der Waals surface area contributed by atoms with Gasteiger partial charge in [0.25, 0.3) is 0 Å². The van der Waals surface area contributed by atoms with Crippen LogP contribution in [0.1, 0.15) is 0 Å². The minimum atomic E-state index is 0.792. The van der Waals surface area contributed by atoms with Crippen LogP contribution in [0.25, 0.3) is 10.8 Å². The van der Waals surface area contributed by atoms with Gasteiger partial charge in [-0.25, -0.2) is 9.97 Å². The standard InChI is InChI=1S/C14H10BrN3/c15-11-4-5-12-10(9-11)6-8-17-14(12)18-13-3-1-2-7-16-13/h1-9H,(H,16,17,18). The van der Waals surface area contributed by atoms with Crippen molar-refractivity contribution in [3.63, 3.8) is 0 Å². The number of fused-ring (bicyclic) bond motifs is 1. The number of nitrogens with one attached hydrogen (secondary N) is 1. The molecule has 0 atom stereocenters. The summed E-state index contributed by atoms with van der Waals surface area (Å²) < 4.78 is 1.06. The molecule has 0 amide bonds. The van der Waals surface area contributed by atoms with E-state index in [4.69, 9.17) is 0 Å². The maximum Gasteiger partial charge on any atom is 0.139 e. The summed E-state index contributed by atoms with van der Waals surface area (Å²) in [7, 11) is 0. The van der Waals surface area contributed by atoms with Gasteiger partial charge < -0.3 is 5.32 Å². The molecule has 4 heteroatoms. The van der Waals surface area contributed by atoms with E-state index in [0.717, 1.165) is 26.9 Å². The van der Waals surface area contributed by atoms with E-state index in [-0.39, 0.29) is 0 Å². The maximum atomic E-state index is 4.37. The number of benzene rings is 1. The highest BCUT2D eigenvalue weighted by Gasteiger charge is 2.03. The third-order valence-corrected chi connectivity index (χ3v) is 3.13. The molecule has 88 valence electrons. The second-order valence-electron chi connectivity index (χ2n) is 3.86. The van der Waals surface area contributed by atoms with E-state index in [1.807, 2.05) is 36.4 Å². The minimum absolute atomic E-state index is 0.792. The average Bonchev–Trinajstić information content (AvgIpc) is 2.40. The summed E-state index contributed by atoms with van der Waals surface area (Å²) in [5, 5.41) is 5.44. The number of halogens is 1. The molecule has 18 heavy (non-hydrogen) atoms. The van der Waals surface area contributed by atoms with Crippen LogP contribution in [0.15, 0.2) is 59.3 Å². The Labute approximate surface area is 113 Å². The van der Waals surface area contributed by atoms with Gasteiger partial charge in [-0.15, -0.1) is 0 Å². The van der Waals surface area contributed by atoms with Crippen LogP contribution in [-0.2, 0) is 0 Å². The van der Waals surface area contributed by atoms with Crippen molar-refractivity contribution in [2.75, 3.05) is 5.32 Å². The van der Waals surface area contributed by atoms with Crippen molar-refractivity contribution in [3.05, 3.63) is 59.3 Å². The SMILES string of the molecule is Brc1ccc2c(Nc3ccccn3)nccc2c1. The van der Waals surface area contributed by atoms with Crippen molar-refractivity contribution < 1.29 is 0 Å². The summed E-state index contributed by atoms with van der Waals surface area (Å²) in [4.78, 5) is 8.60. The Hall–Kier alpha value is -1.94. The van der Waals surface area contributed by atoms with Gasteiger partial charge >= 0.3 is 0 Å². The number of rotatable bonds is 2. The Morgan fingerprint density at radius 3 is 2.72 bits per heavy atom. The Morgan fingerprint density at radius 1 is 0.944 bits per heavy atom. The van der Waals surface area contributed by atoms with Crippen LogP contribution in [-0.4, -0.2) is 9.97 Å². The van der Waals surface area contributed by atoms with Crippen molar-refractivity contribution in [1.29, 1.82) is 0 Å². The smallest absolute Gasteiger partial charge is 0.139 e. The van der Waals surface area contributed by atoms with Crippen molar-refractivity contribution in [2.45, 2.75) is 0 Å². The van der Waals surface area contributed by atoms with Crippen molar-refractivity contribution in [2.24, 2.45) is 0 Å². The van der Waals surface area contributed by atoms with E-state index in [9.17, 15) is 0 Å². The van der Waals surface area contributed by atoms with Gasteiger partial charge in [-0.1, -0.05) is 22.0 Å². The Bertz CT molecular complexity index is 683. The molecule has 0 aliphatic carbocycles. The molecule has 0 spiro atoms. The molecular formula is C14H10BrN3. The fourth-order valence-corrected chi connectivity index (χ4v) is 2.19. The molecule has 1 N–H and O–H groups in total. The van der Waals surface area contributed by atoms with Crippen LogP contribution in [0.2, 0.25) is 0 Å². The Balaban J connectivity index is 2.07. The molecule has 0 bridgehead atoms. The monoisotopic (exact) mass is 299 g/mol. The van der Waals surface area contributed by atoms with Crippen LogP contribution >= 0.6 is 15.9 Å². The highest BCUT2D eigenvalue weighted by atomic mass is 79.9. The van der Waals surface area contributed by atoms with Crippen LogP contribution in [0, 0.1) is 0 Å². The molecule has 0 aliphatic heterocycles. The number of anilines is 2. The van der Waals surface area contributed by atoms with Gasteiger partial charge in [-0.05, 0) is 41.8 Å². The largest absolute Gasteiger partial charge is 0.324 e. The molecule has 0 fully saturated rings. The van der Waals surface area contributed by atoms with E-state index in [1.165, 1.54) is 0 Å². The molecule has 0 radical (unpaired) electrons. The highest BCUT2D eigenvalue weighted by molar-refractivity contribution is 9.10. The summed E-state index contributed by atoms with van der Waals surface area (Å²) in [5.41, 5.74) is 0. The minimum Gasteiger partial charge on any atom is -0.324 e.